The van der Waals surface area contributed by atoms with Crippen molar-refractivity contribution in [1.29, 1.82) is 0 Å². The van der Waals surface area contributed by atoms with Crippen molar-refractivity contribution >= 4 is 33.4 Å². The smallest absolute Gasteiger partial charge is 0.224 e. The van der Waals surface area contributed by atoms with E-state index in [4.69, 9.17) is 11.6 Å². The molecule has 0 bridgehead atoms. The summed E-state index contributed by atoms with van der Waals surface area (Å²) < 4.78 is 0. The molecule has 2 unspecified atom stereocenters. The van der Waals surface area contributed by atoms with E-state index in [-0.39, 0.29) is 5.91 Å². The molecule has 1 aromatic carbocycles. The highest BCUT2D eigenvalue weighted by Crippen LogP contribution is 2.30. The molecule has 1 amide bonds. The summed E-state index contributed by atoms with van der Waals surface area (Å²) in [5.74, 6) is 1.41. The standard InChI is InChI=1S/C16H21BrClNO/c17-10-13-5-1-2-6-14(13)11-19-16(20)9-12-4-3-7-15(18)8-12/h3-4,7-8,13-14H,1-2,5-6,9-11H2,(H,19,20). The molecule has 110 valence electrons. The van der Waals surface area contributed by atoms with Crippen molar-refractivity contribution in [2.24, 2.45) is 11.8 Å². The second-order valence-corrected chi connectivity index (χ2v) is 6.65. The fraction of sp³-hybridized carbons (Fsp3) is 0.562. The minimum absolute atomic E-state index is 0.0890. The SMILES string of the molecule is O=C(Cc1cccc(Cl)c1)NCC1CCCCC1CBr. The number of halogens is 2. The van der Waals surface area contributed by atoms with Crippen LogP contribution in [0.25, 0.3) is 0 Å². The van der Waals surface area contributed by atoms with E-state index < -0.39 is 0 Å². The summed E-state index contributed by atoms with van der Waals surface area (Å²) in [5.41, 5.74) is 0.968. The zero-order chi connectivity index (χ0) is 14.4. The summed E-state index contributed by atoms with van der Waals surface area (Å²) in [5, 5.41) is 4.81. The molecule has 1 N–H and O–H groups in total. The van der Waals surface area contributed by atoms with Gasteiger partial charge in [0.05, 0.1) is 6.42 Å². The van der Waals surface area contributed by atoms with Crippen molar-refractivity contribution in [3.05, 3.63) is 34.9 Å². The topological polar surface area (TPSA) is 29.1 Å². The number of hydrogen-bond acceptors (Lipinski definition) is 1. The molecule has 2 atom stereocenters. The van der Waals surface area contributed by atoms with Crippen LogP contribution in [0.5, 0.6) is 0 Å². The Balaban J connectivity index is 1.79. The second-order valence-electron chi connectivity index (χ2n) is 5.57. The molecule has 0 heterocycles. The van der Waals surface area contributed by atoms with Crippen LogP contribution in [0.1, 0.15) is 31.2 Å². The Morgan fingerprint density at radius 3 is 2.75 bits per heavy atom. The molecule has 0 spiro atoms. The van der Waals surface area contributed by atoms with E-state index in [9.17, 15) is 4.79 Å². The zero-order valence-electron chi connectivity index (χ0n) is 11.6. The van der Waals surface area contributed by atoms with Gasteiger partial charge in [-0.2, -0.15) is 0 Å². The van der Waals surface area contributed by atoms with Crippen molar-refractivity contribution in [3.8, 4) is 0 Å². The molecule has 1 saturated carbocycles. The average Bonchev–Trinajstić information content (AvgIpc) is 2.45. The van der Waals surface area contributed by atoms with Gasteiger partial charge in [-0.3, -0.25) is 4.79 Å². The number of nitrogens with one attached hydrogen (secondary N) is 1. The maximum atomic E-state index is 12.0. The Morgan fingerprint density at radius 1 is 1.30 bits per heavy atom. The average molecular weight is 359 g/mol. The third-order valence-electron chi connectivity index (χ3n) is 4.08. The van der Waals surface area contributed by atoms with Gasteiger partial charge < -0.3 is 5.32 Å². The number of rotatable bonds is 5. The van der Waals surface area contributed by atoms with E-state index >= 15 is 0 Å². The molecule has 1 aliphatic carbocycles. The van der Waals surface area contributed by atoms with Crippen LogP contribution in [0, 0.1) is 11.8 Å². The Kier molecular flexibility index (Phi) is 6.37. The zero-order valence-corrected chi connectivity index (χ0v) is 13.9. The fourth-order valence-electron chi connectivity index (χ4n) is 2.90. The number of carbonyl (C=O) groups is 1. The van der Waals surface area contributed by atoms with Gasteiger partial charge in [-0.15, -0.1) is 0 Å². The Hall–Kier alpha value is -0.540. The molecule has 1 aliphatic rings. The molecule has 0 aliphatic heterocycles. The van der Waals surface area contributed by atoms with Gasteiger partial charge in [0.2, 0.25) is 5.91 Å². The van der Waals surface area contributed by atoms with E-state index in [1.54, 1.807) is 0 Å². The lowest BCUT2D eigenvalue weighted by molar-refractivity contribution is -0.120. The fourth-order valence-corrected chi connectivity index (χ4v) is 3.96. The van der Waals surface area contributed by atoms with Crippen LogP contribution in [-0.2, 0) is 11.2 Å². The molecule has 1 fully saturated rings. The van der Waals surface area contributed by atoms with Crippen LogP contribution >= 0.6 is 27.5 Å². The van der Waals surface area contributed by atoms with Gasteiger partial charge in [0, 0.05) is 16.9 Å². The van der Waals surface area contributed by atoms with E-state index in [0.29, 0.717) is 23.3 Å². The first-order valence-electron chi connectivity index (χ1n) is 7.26. The van der Waals surface area contributed by atoms with Gasteiger partial charge in [-0.1, -0.05) is 52.5 Å². The van der Waals surface area contributed by atoms with Crippen LogP contribution in [0.3, 0.4) is 0 Å². The third kappa shape index (κ3) is 4.78. The van der Waals surface area contributed by atoms with E-state index in [0.717, 1.165) is 17.4 Å². The van der Waals surface area contributed by atoms with E-state index in [2.05, 4.69) is 21.2 Å². The molecule has 0 aromatic heterocycles. The summed E-state index contributed by atoms with van der Waals surface area (Å²) in [6.45, 7) is 0.801. The minimum Gasteiger partial charge on any atom is -0.356 e. The summed E-state index contributed by atoms with van der Waals surface area (Å²) in [4.78, 5) is 12.0. The normalized spacial score (nSPS) is 22.5. The van der Waals surface area contributed by atoms with Gasteiger partial charge in [-0.25, -0.2) is 0 Å². The molecule has 20 heavy (non-hydrogen) atoms. The quantitative estimate of drug-likeness (QED) is 0.785. The van der Waals surface area contributed by atoms with Gasteiger partial charge in [0.15, 0.2) is 0 Å². The van der Waals surface area contributed by atoms with Crippen molar-refractivity contribution in [1.82, 2.24) is 5.32 Å². The lowest BCUT2D eigenvalue weighted by atomic mass is 9.80. The predicted octanol–water partition coefficient (Wildman–Crippen LogP) is 4.20. The largest absolute Gasteiger partial charge is 0.356 e. The highest BCUT2D eigenvalue weighted by Gasteiger charge is 2.24. The van der Waals surface area contributed by atoms with Gasteiger partial charge >= 0.3 is 0 Å². The Morgan fingerprint density at radius 2 is 2.05 bits per heavy atom. The number of alkyl halides is 1. The number of benzene rings is 1. The van der Waals surface area contributed by atoms with Gasteiger partial charge in [-0.05, 0) is 42.4 Å². The number of hydrogen-bond donors (Lipinski definition) is 1. The Labute approximate surface area is 134 Å². The highest BCUT2D eigenvalue weighted by molar-refractivity contribution is 9.09. The lowest BCUT2D eigenvalue weighted by Gasteiger charge is -2.30. The van der Waals surface area contributed by atoms with Gasteiger partial charge in [0.1, 0.15) is 0 Å². The molecule has 2 rings (SSSR count). The molecule has 0 radical (unpaired) electrons. The molecule has 4 heteroatoms. The molecular weight excluding hydrogens is 338 g/mol. The number of carbonyl (C=O) groups excluding carboxylic acids is 1. The van der Waals surface area contributed by atoms with Gasteiger partial charge in [0.25, 0.3) is 0 Å². The van der Waals surface area contributed by atoms with Crippen molar-refractivity contribution in [2.45, 2.75) is 32.1 Å². The maximum Gasteiger partial charge on any atom is 0.224 e. The molecule has 2 nitrogen and oxygen atoms in total. The maximum absolute atomic E-state index is 12.0. The monoisotopic (exact) mass is 357 g/mol. The molecule has 1 aromatic rings. The molecular formula is C16H21BrClNO. The third-order valence-corrected chi connectivity index (χ3v) is 5.15. The van der Waals surface area contributed by atoms with Crippen LogP contribution in [0.15, 0.2) is 24.3 Å². The van der Waals surface area contributed by atoms with Crippen LogP contribution in [0.4, 0.5) is 0 Å². The summed E-state index contributed by atoms with van der Waals surface area (Å²) in [6.07, 6.45) is 5.53. The predicted molar refractivity (Wildman–Crippen MR) is 87.4 cm³/mol. The first kappa shape index (κ1) is 15.8. The lowest BCUT2D eigenvalue weighted by Crippen LogP contribution is -2.35. The summed E-state index contributed by atoms with van der Waals surface area (Å²) in [6, 6.07) is 7.49. The summed E-state index contributed by atoms with van der Waals surface area (Å²) in [7, 11) is 0. The summed E-state index contributed by atoms with van der Waals surface area (Å²) >= 11 is 9.52. The van der Waals surface area contributed by atoms with Crippen LogP contribution < -0.4 is 5.32 Å². The minimum atomic E-state index is 0.0890. The first-order valence-corrected chi connectivity index (χ1v) is 8.76. The van der Waals surface area contributed by atoms with E-state index in [1.807, 2.05) is 24.3 Å². The second kappa shape index (κ2) is 8.04. The van der Waals surface area contributed by atoms with E-state index in [1.165, 1.54) is 25.7 Å². The van der Waals surface area contributed by atoms with Crippen molar-refractivity contribution in [3.63, 3.8) is 0 Å². The first-order chi connectivity index (χ1) is 9.69. The highest BCUT2D eigenvalue weighted by atomic mass is 79.9. The molecule has 0 saturated heterocycles. The number of amides is 1. The van der Waals surface area contributed by atoms with Crippen molar-refractivity contribution < 1.29 is 4.79 Å². The van der Waals surface area contributed by atoms with Crippen LogP contribution in [-0.4, -0.2) is 17.8 Å². The van der Waals surface area contributed by atoms with Crippen molar-refractivity contribution in [2.75, 3.05) is 11.9 Å². The van der Waals surface area contributed by atoms with Crippen LogP contribution in [0.2, 0.25) is 5.02 Å². The Bertz CT molecular complexity index is 452.